The molecule has 1 aliphatic rings. The first-order valence-electron chi connectivity index (χ1n) is 7.85. The third kappa shape index (κ3) is 5.06. The minimum absolute atomic E-state index is 0.00262. The molecule has 1 heterocycles. The van der Waals surface area contributed by atoms with Crippen LogP contribution in [0.3, 0.4) is 0 Å². The van der Waals surface area contributed by atoms with Crippen molar-refractivity contribution in [1.82, 2.24) is 10.2 Å². The van der Waals surface area contributed by atoms with E-state index in [1.165, 1.54) is 0 Å². The van der Waals surface area contributed by atoms with Crippen LogP contribution >= 0.6 is 11.8 Å². The van der Waals surface area contributed by atoms with E-state index in [0.717, 1.165) is 22.2 Å². The molecule has 0 atom stereocenters. The van der Waals surface area contributed by atoms with E-state index in [1.54, 1.807) is 12.1 Å². The van der Waals surface area contributed by atoms with E-state index in [1.807, 2.05) is 12.1 Å². The smallest absolute Gasteiger partial charge is 0.313 e. The molecule has 0 unspecified atom stereocenters. The first kappa shape index (κ1) is 19.0. The van der Waals surface area contributed by atoms with E-state index < -0.39 is 11.8 Å². The van der Waals surface area contributed by atoms with Gasteiger partial charge >= 0.3 is 11.8 Å². The molecule has 1 fully saturated rings. The lowest BCUT2D eigenvalue weighted by molar-refractivity contribution is -0.136. The number of hydrogen-bond acceptors (Lipinski definition) is 5. The maximum absolute atomic E-state index is 11.9. The second-order valence-corrected chi connectivity index (χ2v) is 7.56. The van der Waals surface area contributed by atoms with Gasteiger partial charge in [0.15, 0.2) is 0 Å². The van der Waals surface area contributed by atoms with Gasteiger partial charge in [0.25, 0.3) is 5.24 Å². The predicted molar refractivity (Wildman–Crippen MR) is 96.3 cm³/mol. The van der Waals surface area contributed by atoms with Crippen molar-refractivity contribution in [2.45, 2.75) is 26.2 Å². The number of carbonyl (C=O) groups excluding carboxylic acids is 4. The first-order chi connectivity index (χ1) is 11.7. The number of hydrogen-bond donors (Lipinski definition) is 2. The molecule has 1 aromatic carbocycles. The highest BCUT2D eigenvalue weighted by molar-refractivity contribution is 8.14. The van der Waals surface area contributed by atoms with Crippen molar-refractivity contribution in [1.29, 1.82) is 0 Å². The normalized spacial score (nSPS) is 14.6. The Balaban J connectivity index is 1.81. The third-order valence-corrected chi connectivity index (χ3v) is 4.54. The van der Waals surface area contributed by atoms with Gasteiger partial charge in [0.05, 0.1) is 5.75 Å². The molecule has 0 aromatic heterocycles. The summed E-state index contributed by atoms with van der Waals surface area (Å²) in [5.41, 5.74) is 1.64. The van der Waals surface area contributed by atoms with Crippen LogP contribution in [0.4, 0.5) is 10.5 Å². The van der Waals surface area contributed by atoms with Crippen LogP contribution in [0.2, 0.25) is 0 Å². The van der Waals surface area contributed by atoms with Crippen molar-refractivity contribution < 1.29 is 19.2 Å². The lowest BCUT2D eigenvalue weighted by Gasteiger charge is -2.19. The Labute approximate surface area is 150 Å². The Morgan fingerprint density at radius 3 is 2.28 bits per heavy atom. The molecule has 0 saturated carbocycles. The SMILES string of the molecule is CC(C)(C)c1ccc(NC(=O)C(=O)NCCN2C(=O)CSC2=O)cc1. The Morgan fingerprint density at radius 2 is 1.76 bits per heavy atom. The van der Waals surface area contributed by atoms with Crippen molar-refractivity contribution in [3.05, 3.63) is 29.8 Å². The van der Waals surface area contributed by atoms with Crippen LogP contribution in [0, 0.1) is 0 Å². The second-order valence-electron chi connectivity index (χ2n) is 6.64. The van der Waals surface area contributed by atoms with E-state index in [-0.39, 0.29) is 35.4 Å². The number of nitrogens with zero attached hydrogens (tertiary/aromatic N) is 1. The average molecular weight is 363 g/mol. The Morgan fingerprint density at radius 1 is 1.12 bits per heavy atom. The summed E-state index contributed by atoms with van der Waals surface area (Å²) in [5, 5.41) is 4.58. The summed E-state index contributed by atoms with van der Waals surface area (Å²) in [6.45, 7) is 6.35. The zero-order chi connectivity index (χ0) is 18.6. The zero-order valence-corrected chi connectivity index (χ0v) is 15.2. The summed E-state index contributed by atoms with van der Waals surface area (Å²) in [6.07, 6.45) is 0. The van der Waals surface area contributed by atoms with Gasteiger partial charge in [-0.15, -0.1) is 0 Å². The van der Waals surface area contributed by atoms with Gasteiger partial charge < -0.3 is 10.6 Å². The fourth-order valence-electron chi connectivity index (χ4n) is 2.20. The highest BCUT2D eigenvalue weighted by Crippen LogP contribution is 2.23. The summed E-state index contributed by atoms with van der Waals surface area (Å²) in [5.74, 6) is -1.77. The number of carbonyl (C=O) groups is 4. The van der Waals surface area contributed by atoms with Crippen LogP contribution in [-0.4, -0.2) is 46.7 Å². The minimum atomic E-state index is -0.813. The van der Waals surface area contributed by atoms with Crippen molar-refractivity contribution in [3.8, 4) is 0 Å². The molecule has 2 rings (SSSR count). The maximum Gasteiger partial charge on any atom is 0.313 e. The highest BCUT2D eigenvalue weighted by Gasteiger charge is 2.29. The average Bonchev–Trinajstić information content (AvgIpc) is 2.86. The Hall–Kier alpha value is -2.35. The van der Waals surface area contributed by atoms with Crippen LogP contribution in [0.1, 0.15) is 26.3 Å². The largest absolute Gasteiger partial charge is 0.346 e. The van der Waals surface area contributed by atoms with Gasteiger partial charge in [-0.3, -0.25) is 24.1 Å². The Kier molecular flexibility index (Phi) is 5.84. The Bertz CT molecular complexity index is 679. The van der Waals surface area contributed by atoms with Crippen LogP contribution in [0.25, 0.3) is 0 Å². The molecular weight excluding hydrogens is 342 g/mol. The fourth-order valence-corrected chi connectivity index (χ4v) is 2.95. The number of rotatable bonds is 4. The highest BCUT2D eigenvalue weighted by atomic mass is 32.2. The van der Waals surface area contributed by atoms with Crippen molar-refractivity contribution in [3.63, 3.8) is 0 Å². The van der Waals surface area contributed by atoms with E-state index in [2.05, 4.69) is 31.4 Å². The summed E-state index contributed by atoms with van der Waals surface area (Å²) in [6, 6.07) is 7.28. The fraction of sp³-hybridized carbons (Fsp3) is 0.412. The predicted octanol–water partition coefficient (Wildman–Crippen LogP) is 1.73. The van der Waals surface area contributed by atoms with Gasteiger partial charge in [-0.05, 0) is 23.1 Å². The molecule has 0 aliphatic carbocycles. The van der Waals surface area contributed by atoms with Crippen molar-refractivity contribution in [2.24, 2.45) is 0 Å². The molecule has 1 aromatic rings. The standard InChI is InChI=1S/C17H21N3O4S/c1-17(2,3)11-4-6-12(7-5-11)19-15(23)14(22)18-8-9-20-13(21)10-25-16(20)24/h4-7H,8-10H2,1-3H3,(H,18,22)(H,19,23). The monoisotopic (exact) mass is 363 g/mol. The third-order valence-electron chi connectivity index (χ3n) is 3.68. The number of benzene rings is 1. The molecule has 8 heteroatoms. The van der Waals surface area contributed by atoms with Crippen LogP contribution in [0.15, 0.2) is 24.3 Å². The van der Waals surface area contributed by atoms with Gasteiger partial charge in [0.2, 0.25) is 5.91 Å². The molecule has 0 radical (unpaired) electrons. The molecule has 1 saturated heterocycles. The van der Waals surface area contributed by atoms with E-state index in [9.17, 15) is 19.2 Å². The number of thioether (sulfide) groups is 1. The lowest BCUT2D eigenvalue weighted by Crippen LogP contribution is -2.41. The molecule has 2 N–H and O–H groups in total. The summed E-state index contributed by atoms with van der Waals surface area (Å²) >= 11 is 0.929. The molecule has 0 spiro atoms. The number of imide groups is 1. The maximum atomic E-state index is 11.9. The van der Waals surface area contributed by atoms with Gasteiger partial charge in [-0.2, -0.15) is 0 Å². The molecule has 25 heavy (non-hydrogen) atoms. The van der Waals surface area contributed by atoms with Gasteiger partial charge in [-0.25, -0.2) is 0 Å². The van der Waals surface area contributed by atoms with Crippen molar-refractivity contribution >= 4 is 40.4 Å². The zero-order valence-electron chi connectivity index (χ0n) is 14.4. The summed E-state index contributed by atoms with van der Waals surface area (Å²) in [4.78, 5) is 47.6. The van der Waals surface area contributed by atoms with E-state index >= 15 is 0 Å². The molecule has 0 bridgehead atoms. The molecule has 1 aliphatic heterocycles. The molecule has 134 valence electrons. The number of anilines is 1. The number of nitrogens with one attached hydrogen (secondary N) is 2. The van der Waals surface area contributed by atoms with Crippen LogP contribution in [0.5, 0.6) is 0 Å². The second kappa shape index (κ2) is 7.69. The quantitative estimate of drug-likeness (QED) is 0.795. The molecule has 7 nitrogen and oxygen atoms in total. The van der Waals surface area contributed by atoms with Gasteiger partial charge in [0.1, 0.15) is 0 Å². The van der Waals surface area contributed by atoms with Gasteiger partial charge in [0, 0.05) is 18.8 Å². The molecule has 4 amide bonds. The topological polar surface area (TPSA) is 95.6 Å². The first-order valence-corrected chi connectivity index (χ1v) is 8.84. The molecular formula is C17H21N3O4S. The minimum Gasteiger partial charge on any atom is -0.346 e. The van der Waals surface area contributed by atoms with Crippen LogP contribution in [-0.2, 0) is 19.8 Å². The van der Waals surface area contributed by atoms with E-state index in [4.69, 9.17) is 0 Å². The van der Waals surface area contributed by atoms with E-state index in [0.29, 0.717) is 5.69 Å². The summed E-state index contributed by atoms with van der Waals surface area (Å²) in [7, 11) is 0. The number of amides is 4. The summed E-state index contributed by atoms with van der Waals surface area (Å²) < 4.78 is 0. The van der Waals surface area contributed by atoms with Gasteiger partial charge in [-0.1, -0.05) is 44.7 Å². The lowest BCUT2D eigenvalue weighted by atomic mass is 9.87. The van der Waals surface area contributed by atoms with Crippen molar-refractivity contribution in [2.75, 3.05) is 24.2 Å². The van der Waals surface area contributed by atoms with Crippen LogP contribution < -0.4 is 10.6 Å².